The van der Waals surface area contributed by atoms with Crippen molar-refractivity contribution in [3.63, 3.8) is 0 Å². The first-order valence-electron chi connectivity index (χ1n) is 8.28. The Morgan fingerprint density at radius 2 is 2.04 bits per heavy atom. The van der Waals surface area contributed by atoms with E-state index in [0.29, 0.717) is 18.8 Å². The van der Waals surface area contributed by atoms with Gasteiger partial charge in [0, 0.05) is 25.1 Å². The molecule has 2 aromatic rings. The van der Waals surface area contributed by atoms with E-state index in [9.17, 15) is 9.59 Å². The third-order valence-corrected chi connectivity index (χ3v) is 4.16. The van der Waals surface area contributed by atoms with E-state index in [1.165, 1.54) is 7.11 Å². The van der Waals surface area contributed by atoms with Gasteiger partial charge in [-0.3, -0.25) is 4.79 Å². The van der Waals surface area contributed by atoms with E-state index in [1.807, 2.05) is 24.3 Å². The normalized spacial score (nSPS) is 13.2. The van der Waals surface area contributed by atoms with Crippen molar-refractivity contribution in [1.82, 2.24) is 15.1 Å². The highest BCUT2D eigenvalue weighted by molar-refractivity contribution is 5.89. The maximum Gasteiger partial charge on any atom is 0.359 e. The molecule has 0 radical (unpaired) electrons. The minimum absolute atomic E-state index is 0.228. The lowest BCUT2D eigenvalue weighted by atomic mass is 10.1. The van der Waals surface area contributed by atoms with Crippen LogP contribution >= 0.6 is 0 Å². The molecule has 25 heavy (non-hydrogen) atoms. The molecule has 7 nitrogen and oxygen atoms in total. The Balaban J connectivity index is 1.94. The number of aromatic nitrogens is 2. The van der Waals surface area contributed by atoms with Crippen LogP contribution in [0.3, 0.4) is 0 Å². The fraction of sp³-hybridized carbons (Fsp3) is 0.389. The highest BCUT2D eigenvalue weighted by atomic mass is 16.5. The second-order valence-electron chi connectivity index (χ2n) is 5.75. The second-order valence-corrected chi connectivity index (χ2v) is 5.75. The number of ether oxygens (including phenoxy) is 2. The highest BCUT2D eigenvalue weighted by Crippen LogP contribution is 2.23. The quantitative estimate of drug-likeness (QED) is 0.827. The van der Waals surface area contributed by atoms with E-state index >= 15 is 0 Å². The Morgan fingerprint density at radius 3 is 2.72 bits per heavy atom. The molecular formula is C18H21N3O4. The molecular weight excluding hydrogens is 322 g/mol. The van der Waals surface area contributed by atoms with E-state index in [4.69, 9.17) is 4.74 Å². The average Bonchev–Trinajstić information content (AvgIpc) is 3.02. The Morgan fingerprint density at radius 1 is 1.28 bits per heavy atom. The van der Waals surface area contributed by atoms with E-state index in [-0.39, 0.29) is 12.4 Å². The van der Waals surface area contributed by atoms with E-state index < -0.39 is 5.97 Å². The van der Waals surface area contributed by atoms with E-state index in [2.05, 4.69) is 15.2 Å². The molecule has 1 aliphatic rings. The van der Waals surface area contributed by atoms with Crippen LogP contribution in [-0.4, -0.2) is 42.0 Å². The van der Waals surface area contributed by atoms with Gasteiger partial charge in [0.1, 0.15) is 0 Å². The zero-order chi connectivity index (χ0) is 17.8. The molecule has 3 rings (SSSR count). The van der Waals surface area contributed by atoms with Crippen molar-refractivity contribution in [1.29, 1.82) is 0 Å². The predicted octanol–water partition coefficient (Wildman–Crippen LogP) is 1.41. The summed E-state index contributed by atoms with van der Waals surface area (Å²) in [4.78, 5) is 23.6. The summed E-state index contributed by atoms with van der Waals surface area (Å²) in [6, 6.07) is 7.52. The molecule has 1 aromatic carbocycles. The summed E-state index contributed by atoms with van der Waals surface area (Å²) in [5.41, 5.74) is 3.99. The molecule has 0 aliphatic carbocycles. The van der Waals surface area contributed by atoms with Gasteiger partial charge in [-0.2, -0.15) is 5.10 Å². The zero-order valence-corrected chi connectivity index (χ0v) is 14.4. The predicted molar refractivity (Wildman–Crippen MR) is 90.7 cm³/mol. The largest absolute Gasteiger partial charge is 0.469 e. The van der Waals surface area contributed by atoms with Crippen LogP contribution in [0.4, 0.5) is 0 Å². The molecule has 0 saturated heterocycles. The fourth-order valence-corrected chi connectivity index (χ4v) is 2.92. The van der Waals surface area contributed by atoms with Crippen molar-refractivity contribution in [2.75, 3.05) is 20.3 Å². The van der Waals surface area contributed by atoms with Crippen LogP contribution in [0.2, 0.25) is 0 Å². The van der Waals surface area contributed by atoms with Gasteiger partial charge in [-0.1, -0.05) is 12.1 Å². The Hall–Kier alpha value is -2.67. The maximum atomic E-state index is 12.2. The number of carbonyl (C=O) groups excluding carboxylic acids is 2. The van der Waals surface area contributed by atoms with E-state index in [0.717, 1.165) is 35.5 Å². The van der Waals surface area contributed by atoms with Crippen molar-refractivity contribution >= 4 is 11.9 Å². The van der Waals surface area contributed by atoms with Crippen molar-refractivity contribution in [3.05, 3.63) is 46.8 Å². The fourth-order valence-electron chi connectivity index (χ4n) is 2.92. The van der Waals surface area contributed by atoms with Gasteiger partial charge < -0.3 is 14.8 Å². The summed E-state index contributed by atoms with van der Waals surface area (Å²) in [5, 5.41) is 7.77. The van der Waals surface area contributed by atoms with Gasteiger partial charge in [-0.15, -0.1) is 0 Å². The van der Waals surface area contributed by atoms with Gasteiger partial charge in [0.15, 0.2) is 5.69 Å². The number of carbonyl (C=O) groups is 2. The molecule has 0 unspecified atom stereocenters. The standard InChI is InChI=1S/C18H21N3O4/c1-3-25-18(23)17-14-11-19-9-8-15(14)21(20-17)13-6-4-12(5-7-13)10-16(22)24-2/h4-7,19H,3,8-11H2,1-2H3. The first-order valence-corrected chi connectivity index (χ1v) is 8.28. The van der Waals surface area contributed by atoms with Crippen LogP contribution < -0.4 is 5.32 Å². The van der Waals surface area contributed by atoms with Crippen molar-refractivity contribution in [2.24, 2.45) is 0 Å². The molecule has 0 amide bonds. The molecule has 0 bridgehead atoms. The minimum atomic E-state index is -0.400. The Labute approximate surface area is 145 Å². The zero-order valence-electron chi connectivity index (χ0n) is 14.4. The molecule has 0 saturated carbocycles. The third-order valence-electron chi connectivity index (χ3n) is 4.16. The second kappa shape index (κ2) is 7.48. The number of hydrogen-bond acceptors (Lipinski definition) is 6. The number of hydrogen-bond donors (Lipinski definition) is 1. The summed E-state index contributed by atoms with van der Waals surface area (Å²) < 4.78 is 11.6. The molecule has 1 N–H and O–H groups in total. The molecule has 0 spiro atoms. The van der Waals surface area contributed by atoms with Crippen LogP contribution in [0, 0.1) is 0 Å². The number of nitrogens with one attached hydrogen (secondary N) is 1. The van der Waals surface area contributed by atoms with Gasteiger partial charge in [-0.05, 0) is 24.6 Å². The van der Waals surface area contributed by atoms with Crippen LogP contribution in [0.15, 0.2) is 24.3 Å². The van der Waals surface area contributed by atoms with Gasteiger partial charge in [0.25, 0.3) is 0 Å². The molecule has 1 aromatic heterocycles. The molecule has 7 heteroatoms. The number of nitrogens with zero attached hydrogens (tertiary/aromatic N) is 2. The smallest absolute Gasteiger partial charge is 0.359 e. The van der Waals surface area contributed by atoms with E-state index in [1.54, 1.807) is 11.6 Å². The van der Waals surface area contributed by atoms with Crippen LogP contribution in [-0.2, 0) is 33.7 Å². The summed E-state index contributed by atoms with van der Waals surface area (Å²) in [6.45, 7) is 3.53. The summed E-state index contributed by atoms with van der Waals surface area (Å²) >= 11 is 0. The molecule has 0 fully saturated rings. The van der Waals surface area contributed by atoms with Crippen LogP contribution in [0.1, 0.15) is 34.2 Å². The monoisotopic (exact) mass is 343 g/mol. The first kappa shape index (κ1) is 17.2. The van der Waals surface area contributed by atoms with Gasteiger partial charge in [-0.25, -0.2) is 9.48 Å². The summed E-state index contributed by atoms with van der Waals surface area (Å²) in [6.07, 6.45) is 1.01. The summed E-state index contributed by atoms with van der Waals surface area (Å²) in [5.74, 6) is -0.677. The van der Waals surface area contributed by atoms with Gasteiger partial charge >= 0.3 is 11.9 Å². The first-order chi connectivity index (χ1) is 12.1. The van der Waals surface area contributed by atoms with Crippen molar-refractivity contribution < 1.29 is 19.1 Å². The molecule has 132 valence electrons. The van der Waals surface area contributed by atoms with Gasteiger partial charge in [0.05, 0.1) is 31.5 Å². The Bertz CT molecular complexity index is 780. The number of benzene rings is 1. The number of esters is 2. The average molecular weight is 343 g/mol. The van der Waals surface area contributed by atoms with Crippen LogP contribution in [0.5, 0.6) is 0 Å². The lowest BCUT2D eigenvalue weighted by Crippen LogP contribution is -2.25. The molecule has 0 atom stereocenters. The third kappa shape index (κ3) is 3.56. The lowest BCUT2D eigenvalue weighted by Gasteiger charge is -2.15. The van der Waals surface area contributed by atoms with Crippen LogP contribution in [0.25, 0.3) is 5.69 Å². The van der Waals surface area contributed by atoms with Crippen molar-refractivity contribution in [3.8, 4) is 5.69 Å². The van der Waals surface area contributed by atoms with Gasteiger partial charge in [0.2, 0.25) is 0 Å². The lowest BCUT2D eigenvalue weighted by molar-refractivity contribution is -0.139. The maximum absolute atomic E-state index is 12.2. The van der Waals surface area contributed by atoms with Crippen molar-refractivity contribution in [2.45, 2.75) is 26.3 Å². The topological polar surface area (TPSA) is 82.5 Å². The number of methoxy groups -OCH3 is 1. The minimum Gasteiger partial charge on any atom is -0.469 e. The number of fused-ring (bicyclic) bond motifs is 1. The molecule has 2 heterocycles. The highest BCUT2D eigenvalue weighted by Gasteiger charge is 2.26. The number of rotatable bonds is 5. The summed E-state index contributed by atoms with van der Waals surface area (Å²) in [7, 11) is 1.37. The Kier molecular flexibility index (Phi) is 5.14. The SMILES string of the molecule is CCOC(=O)c1nn(-c2ccc(CC(=O)OC)cc2)c2c1CNCC2. The molecule has 1 aliphatic heterocycles.